The summed E-state index contributed by atoms with van der Waals surface area (Å²) in [5, 5.41) is 7.87. The number of H-pyrrole nitrogens is 1. The number of hydrogen-bond acceptors (Lipinski definition) is 5. The smallest absolute Gasteiger partial charge is 0.275 e. The molecule has 0 aliphatic carbocycles. The Morgan fingerprint density at radius 1 is 1.10 bits per heavy atom. The Labute approximate surface area is 187 Å². The number of carbonyl (C=O) groups is 2. The standard InChI is InChI=1S/C22H18ClN5O2S/c1-13(15-3-2-4-16(23)9-15)20(29)28-22-24-10-18(27-22)14-5-7-17(8-6-14)26-21(30)19-11-31-12-25-19/h2-13H,1H3,(H,26,30)(H2,24,27,28,29). The van der Waals surface area contributed by atoms with Crippen LogP contribution in [0.4, 0.5) is 11.6 Å². The number of benzene rings is 2. The lowest BCUT2D eigenvalue weighted by molar-refractivity contribution is -0.117. The summed E-state index contributed by atoms with van der Waals surface area (Å²) < 4.78 is 0. The molecule has 1 unspecified atom stereocenters. The number of nitrogens with one attached hydrogen (secondary N) is 3. The molecule has 0 saturated carbocycles. The molecule has 0 fully saturated rings. The number of aromatic amines is 1. The first kappa shape index (κ1) is 20.8. The summed E-state index contributed by atoms with van der Waals surface area (Å²) in [6.07, 6.45) is 1.64. The molecule has 31 heavy (non-hydrogen) atoms. The van der Waals surface area contributed by atoms with Gasteiger partial charge in [0.05, 0.1) is 23.3 Å². The van der Waals surface area contributed by atoms with Gasteiger partial charge in [-0.05, 0) is 42.3 Å². The maximum atomic E-state index is 12.6. The van der Waals surface area contributed by atoms with E-state index in [0.29, 0.717) is 22.4 Å². The molecule has 2 amide bonds. The largest absolute Gasteiger partial charge is 0.324 e. The third kappa shape index (κ3) is 4.99. The van der Waals surface area contributed by atoms with Crippen molar-refractivity contribution in [1.82, 2.24) is 15.0 Å². The van der Waals surface area contributed by atoms with Crippen LogP contribution in [0, 0.1) is 0 Å². The van der Waals surface area contributed by atoms with E-state index in [-0.39, 0.29) is 17.7 Å². The number of halogens is 1. The van der Waals surface area contributed by atoms with Crippen LogP contribution in [0.5, 0.6) is 0 Å². The minimum atomic E-state index is -0.382. The van der Waals surface area contributed by atoms with E-state index in [2.05, 4.69) is 25.6 Å². The van der Waals surface area contributed by atoms with E-state index in [1.54, 1.807) is 41.4 Å². The van der Waals surface area contributed by atoms with Crippen LogP contribution in [0.15, 0.2) is 65.6 Å². The van der Waals surface area contributed by atoms with Crippen molar-refractivity contribution in [2.75, 3.05) is 10.6 Å². The fourth-order valence-electron chi connectivity index (χ4n) is 2.94. The average molecular weight is 452 g/mol. The number of imidazole rings is 1. The maximum absolute atomic E-state index is 12.6. The van der Waals surface area contributed by atoms with Crippen LogP contribution in [-0.2, 0) is 4.79 Å². The number of rotatable bonds is 6. The number of amides is 2. The van der Waals surface area contributed by atoms with Crippen molar-refractivity contribution < 1.29 is 9.59 Å². The van der Waals surface area contributed by atoms with Gasteiger partial charge in [0.1, 0.15) is 5.69 Å². The van der Waals surface area contributed by atoms with Gasteiger partial charge in [-0.1, -0.05) is 35.9 Å². The minimum Gasteiger partial charge on any atom is -0.324 e. The monoisotopic (exact) mass is 451 g/mol. The lowest BCUT2D eigenvalue weighted by Gasteiger charge is -2.11. The van der Waals surface area contributed by atoms with E-state index in [4.69, 9.17) is 11.6 Å². The van der Waals surface area contributed by atoms with Crippen LogP contribution >= 0.6 is 22.9 Å². The van der Waals surface area contributed by atoms with Crippen LogP contribution < -0.4 is 10.6 Å². The molecule has 0 radical (unpaired) electrons. The quantitative estimate of drug-likeness (QED) is 0.376. The Morgan fingerprint density at radius 3 is 2.61 bits per heavy atom. The first-order valence-electron chi connectivity index (χ1n) is 9.41. The number of carbonyl (C=O) groups excluding carboxylic acids is 2. The molecule has 0 aliphatic rings. The molecule has 4 rings (SSSR count). The molecule has 156 valence electrons. The zero-order valence-corrected chi connectivity index (χ0v) is 18.0. The number of anilines is 2. The molecule has 1 atom stereocenters. The third-order valence-electron chi connectivity index (χ3n) is 4.68. The van der Waals surface area contributed by atoms with Gasteiger partial charge in [0.25, 0.3) is 5.91 Å². The molecule has 0 aliphatic heterocycles. The first-order chi connectivity index (χ1) is 15.0. The van der Waals surface area contributed by atoms with Crippen molar-refractivity contribution >= 4 is 46.4 Å². The Morgan fingerprint density at radius 2 is 1.90 bits per heavy atom. The summed E-state index contributed by atoms with van der Waals surface area (Å²) in [6.45, 7) is 1.81. The van der Waals surface area contributed by atoms with E-state index in [9.17, 15) is 9.59 Å². The van der Waals surface area contributed by atoms with Gasteiger partial charge in [-0.25, -0.2) is 9.97 Å². The molecule has 9 heteroatoms. The molecule has 2 aromatic carbocycles. The van der Waals surface area contributed by atoms with Gasteiger partial charge in [0, 0.05) is 16.1 Å². The lowest BCUT2D eigenvalue weighted by atomic mass is 10.0. The predicted molar refractivity (Wildman–Crippen MR) is 123 cm³/mol. The van der Waals surface area contributed by atoms with Gasteiger partial charge in [-0.15, -0.1) is 11.3 Å². The molecule has 0 saturated heterocycles. The highest BCUT2D eigenvalue weighted by molar-refractivity contribution is 7.07. The molecular weight excluding hydrogens is 434 g/mol. The Balaban J connectivity index is 1.40. The van der Waals surface area contributed by atoms with Gasteiger partial charge < -0.3 is 10.3 Å². The van der Waals surface area contributed by atoms with Crippen LogP contribution in [0.25, 0.3) is 11.3 Å². The molecular formula is C22H18ClN5O2S. The molecule has 0 bridgehead atoms. The predicted octanol–water partition coefficient (Wildman–Crippen LogP) is 5.18. The summed E-state index contributed by atoms with van der Waals surface area (Å²) in [6, 6.07) is 14.5. The number of thiazole rings is 1. The molecule has 3 N–H and O–H groups in total. The van der Waals surface area contributed by atoms with E-state index in [1.807, 2.05) is 31.2 Å². The topological polar surface area (TPSA) is 99.8 Å². The second-order valence-electron chi connectivity index (χ2n) is 6.82. The maximum Gasteiger partial charge on any atom is 0.275 e. The van der Waals surface area contributed by atoms with Crippen LogP contribution in [0.2, 0.25) is 5.02 Å². The fourth-order valence-corrected chi connectivity index (χ4v) is 3.67. The van der Waals surface area contributed by atoms with Crippen molar-refractivity contribution in [2.24, 2.45) is 0 Å². The van der Waals surface area contributed by atoms with Crippen molar-refractivity contribution in [3.63, 3.8) is 0 Å². The highest BCUT2D eigenvalue weighted by Gasteiger charge is 2.17. The molecule has 0 spiro atoms. The second kappa shape index (κ2) is 9.11. The summed E-state index contributed by atoms with van der Waals surface area (Å²) in [4.78, 5) is 36.0. The van der Waals surface area contributed by atoms with Crippen LogP contribution in [0.1, 0.15) is 28.9 Å². The van der Waals surface area contributed by atoms with Crippen LogP contribution in [0.3, 0.4) is 0 Å². The average Bonchev–Trinajstić information content (AvgIpc) is 3.46. The number of hydrogen-bond donors (Lipinski definition) is 3. The zero-order valence-electron chi connectivity index (χ0n) is 16.4. The normalized spacial score (nSPS) is 11.7. The van der Waals surface area contributed by atoms with Gasteiger partial charge in [0.15, 0.2) is 0 Å². The lowest BCUT2D eigenvalue weighted by Crippen LogP contribution is -2.19. The van der Waals surface area contributed by atoms with E-state index < -0.39 is 0 Å². The molecule has 2 heterocycles. The van der Waals surface area contributed by atoms with Gasteiger partial charge >= 0.3 is 0 Å². The van der Waals surface area contributed by atoms with Crippen molar-refractivity contribution in [3.05, 3.63) is 81.9 Å². The fraction of sp³-hybridized carbons (Fsp3) is 0.0909. The summed E-state index contributed by atoms with van der Waals surface area (Å²) in [5.41, 5.74) is 5.08. The summed E-state index contributed by atoms with van der Waals surface area (Å²) in [5.74, 6) is -0.472. The highest BCUT2D eigenvalue weighted by Crippen LogP contribution is 2.23. The number of nitrogens with zero attached hydrogens (tertiary/aromatic N) is 2. The number of aromatic nitrogens is 3. The minimum absolute atomic E-state index is 0.191. The molecule has 2 aromatic heterocycles. The van der Waals surface area contributed by atoms with E-state index in [1.165, 1.54) is 11.3 Å². The van der Waals surface area contributed by atoms with Crippen molar-refractivity contribution in [1.29, 1.82) is 0 Å². The SMILES string of the molecule is CC(C(=O)Nc1ncc(-c2ccc(NC(=O)c3cscn3)cc2)[nH]1)c1cccc(Cl)c1. The van der Waals surface area contributed by atoms with Gasteiger partial charge in [-0.3, -0.25) is 14.9 Å². The Bertz CT molecular complexity index is 1200. The molecule has 7 nitrogen and oxygen atoms in total. The summed E-state index contributed by atoms with van der Waals surface area (Å²) in [7, 11) is 0. The van der Waals surface area contributed by atoms with E-state index >= 15 is 0 Å². The van der Waals surface area contributed by atoms with Crippen molar-refractivity contribution in [2.45, 2.75) is 12.8 Å². The Hall–Kier alpha value is -3.49. The van der Waals surface area contributed by atoms with Gasteiger partial charge in [0.2, 0.25) is 11.9 Å². The summed E-state index contributed by atoms with van der Waals surface area (Å²) >= 11 is 7.38. The second-order valence-corrected chi connectivity index (χ2v) is 7.97. The van der Waals surface area contributed by atoms with E-state index in [0.717, 1.165) is 16.8 Å². The zero-order chi connectivity index (χ0) is 21.8. The molecule has 4 aromatic rings. The highest BCUT2D eigenvalue weighted by atomic mass is 35.5. The van der Waals surface area contributed by atoms with Crippen molar-refractivity contribution in [3.8, 4) is 11.3 Å². The third-order valence-corrected chi connectivity index (χ3v) is 5.50. The first-order valence-corrected chi connectivity index (χ1v) is 10.7. The Kier molecular flexibility index (Phi) is 6.11. The van der Waals surface area contributed by atoms with Gasteiger partial charge in [-0.2, -0.15) is 0 Å². The van der Waals surface area contributed by atoms with Crippen LogP contribution in [-0.4, -0.2) is 26.8 Å².